The van der Waals surface area contributed by atoms with Gasteiger partial charge >= 0.3 is 0 Å². The molecule has 0 amide bonds. The van der Waals surface area contributed by atoms with E-state index >= 15 is 0 Å². The maximum Gasteiger partial charge on any atom is 0.0940 e. The minimum Gasteiger partial charge on any atom is -0.311 e. The number of thiazole rings is 1. The van der Waals surface area contributed by atoms with Gasteiger partial charge in [0.25, 0.3) is 0 Å². The van der Waals surface area contributed by atoms with Crippen molar-refractivity contribution in [2.75, 3.05) is 26.2 Å². The second kappa shape index (κ2) is 7.16. The van der Waals surface area contributed by atoms with Crippen LogP contribution in [0.1, 0.15) is 16.3 Å². The molecule has 0 bridgehead atoms. The van der Waals surface area contributed by atoms with Gasteiger partial charge in [0.2, 0.25) is 0 Å². The number of aromatic nitrogens is 1. The van der Waals surface area contributed by atoms with E-state index in [0.29, 0.717) is 6.04 Å². The van der Waals surface area contributed by atoms with Crippen LogP contribution in [0.5, 0.6) is 0 Å². The van der Waals surface area contributed by atoms with Crippen molar-refractivity contribution in [3.63, 3.8) is 0 Å². The first-order valence-electron chi connectivity index (χ1n) is 7.70. The summed E-state index contributed by atoms with van der Waals surface area (Å²) in [6, 6.07) is 11.3. The van der Waals surface area contributed by atoms with E-state index in [-0.39, 0.29) is 0 Å². The summed E-state index contributed by atoms with van der Waals surface area (Å²) in [5.74, 6) is 0. The highest BCUT2D eigenvalue weighted by Gasteiger charge is 2.19. The molecule has 21 heavy (non-hydrogen) atoms. The van der Waals surface area contributed by atoms with Gasteiger partial charge in [0.1, 0.15) is 0 Å². The molecule has 4 heteroatoms. The summed E-state index contributed by atoms with van der Waals surface area (Å²) in [6.07, 6.45) is 2.20. The summed E-state index contributed by atoms with van der Waals surface area (Å²) >= 11 is 1.79. The predicted molar refractivity (Wildman–Crippen MR) is 88.9 cm³/mol. The van der Waals surface area contributed by atoms with Gasteiger partial charge in [-0.1, -0.05) is 30.3 Å². The summed E-state index contributed by atoms with van der Waals surface area (Å²) in [4.78, 5) is 7.13. The lowest BCUT2D eigenvalue weighted by Gasteiger charge is -2.33. The fourth-order valence-corrected chi connectivity index (χ4v) is 3.67. The molecule has 1 unspecified atom stereocenters. The van der Waals surface area contributed by atoms with Crippen LogP contribution in [0.15, 0.2) is 35.7 Å². The van der Waals surface area contributed by atoms with Crippen molar-refractivity contribution in [2.45, 2.75) is 25.8 Å². The summed E-state index contributed by atoms with van der Waals surface area (Å²) < 4.78 is 0. The molecule has 1 aromatic heterocycles. The Morgan fingerprint density at radius 1 is 1.33 bits per heavy atom. The van der Waals surface area contributed by atoms with E-state index in [0.717, 1.165) is 44.7 Å². The van der Waals surface area contributed by atoms with Crippen molar-refractivity contribution in [1.82, 2.24) is 15.2 Å². The highest BCUT2D eigenvalue weighted by molar-refractivity contribution is 7.09. The van der Waals surface area contributed by atoms with Gasteiger partial charge in [-0.3, -0.25) is 0 Å². The SMILES string of the molecule is Cc1csc(CCN2CCNC(Cc3ccccc3)C2)n1. The van der Waals surface area contributed by atoms with Crippen LogP contribution in [0.25, 0.3) is 0 Å². The number of nitrogens with zero attached hydrogens (tertiary/aromatic N) is 2. The number of hydrogen-bond donors (Lipinski definition) is 1. The van der Waals surface area contributed by atoms with Gasteiger partial charge in [-0.25, -0.2) is 4.98 Å². The molecule has 1 fully saturated rings. The van der Waals surface area contributed by atoms with Crippen molar-refractivity contribution in [2.24, 2.45) is 0 Å². The van der Waals surface area contributed by atoms with Crippen molar-refractivity contribution >= 4 is 11.3 Å². The van der Waals surface area contributed by atoms with E-state index in [2.05, 4.69) is 57.8 Å². The largest absolute Gasteiger partial charge is 0.311 e. The normalized spacial score (nSPS) is 19.8. The lowest BCUT2D eigenvalue weighted by atomic mass is 10.0. The van der Waals surface area contributed by atoms with Crippen LogP contribution in [0, 0.1) is 6.92 Å². The van der Waals surface area contributed by atoms with E-state index in [4.69, 9.17) is 0 Å². The predicted octanol–water partition coefficient (Wildman–Crippen LogP) is 2.51. The zero-order valence-corrected chi connectivity index (χ0v) is 13.4. The van der Waals surface area contributed by atoms with Crippen molar-refractivity contribution in [3.05, 3.63) is 52.0 Å². The Morgan fingerprint density at radius 3 is 2.95 bits per heavy atom. The van der Waals surface area contributed by atoms with E-state index in [9.17, 15) is 0 Å². The Bertz CT molecular complexity index is 552. The smallest absolute Gasteiger partial charge is 0.0940 e. The standard InChI is InChI=1S/C17H23N3S/c1-14-13-21-17(19-14)7-9-20-10-8-18-16(12-20)11-15-5-3-2-4-6-15/h2-6,13,16,18H,7-12H2,1H3. The average Bonchev–Trinajstić information content (AvgIpc) is 2.92. The van der Waals surface area contributed by atoms with Crippen molar-refractivity contribution in [1.29, 1.82) is 0 Å². The number of piperazine rings is 1. The Morgan fingerprint density at radius 2 is 2.19 bits per heavy atom. The first-order chi connectivity index (χ1) is 10.3. The molecule has 1 N–H and O–H groups in total. The molecule has 1 atom stereocenters. The second-order valence-corrected chi connectivity index (χ2v) is 6.72. The monoisotopic (exact) mass is 301 g/mol. The van der Waals surface area contributed by atoms with E-state index in [1.165, 1.54) is 10.6 Å². The average molecular weight is 301 g/mol. The molecule has 1 aliphatic rings. The maximum atomic E-state index is 4.56. The molecular formula is C17H23N3S. The van der Waals surface area contributed by atoms with Crippen LogP contribution in [-0.4, -0.2) is 42.1 Å². The lowest BCUT2D eigenvalue weighted by molar-refractivity contribution is 0.201. The lowest BCUT2D eigenvalue weighted by Crippen LogP contribution is -2.51. The molecule has 2 aromatic rings. The molecule has 3 rings (SSSR count). The number of nitrogens with one attached hydrogen (secondary N) is 1. The number of hydrogen-bond acceptors (Lipinski definition) is 4. The summed E-state index contributed by atoms with van der Waals surface area (Å²) in [5.41, 5.74) is 2.57. The first-order valence-corrected chi connectivity index (χ1v) is 8.58. The van der Waals surface area contributed by atoms with Crippen molar-refractivity contribution in [3.8, 4) is 0 Å². The third-order valence-electron chi connectivity index (χ3n) is 3.97. The third kappa shape index (κ3) is 4.37. The van der Waals surface area contributed by atoms with Crippen LogP contribution in [0.2, 0.25) is 0 Å². The van der Waals surface area contributed by atoms with Gasteiger partial charge in [-0.2, -0.15) is 0 Å². The zero-order valence-electron chi connectivity index (χ0n) is 12.6. The quantitative estimate of drug-likeness (QED) is 0.920. The summed E-state index contributed by atoms with van der Waals surface area (Å²) in [7, 11) is 0. The number of rotatable bonds is 5. The Kier molecular flexibility index (Phi) is 5.01. The van der Waals surface area contributed by atoms with Crippen LogP contribution in [0.4, 0.5) is 0 Å². The number of aryl methyl sites for hydroxylation is 1. The molecule has 0 spiro atoms. The van der Waals surface area contributed by atoms with Gasteiger partial charge < -0.3 is 10.2 Å². The van der Waals surface area contributed by atoms with Gasteiger partial charge in [0.05, 0.1) is 5.01 Å². The fourth-order valence-electron chi connectivity index (χ4n) is 2.90. The molecule has 1 aliphatic heterocycles. The highest BCUT2D eigenvalue weighted by Crippen LogP contribution is 2.12. The summed E-state index contributed by atoms with van der Waals surface area (Å²) in [5, 5.41) is 7.06. The van der Waals surface area contributed by atoms with Crippen LogP contribution in [-0.2, 0) is 12.8 Å². The van der Waals surface area contributed by atoms with Gasteiger partial charge in [-0.05, 0) is 18.9 Å². The maximum absolute atomic E-state index is 4.56. The number of benzene rings is 1. The molecule has 2 heterocycles. The molecule has 0 aliphatic carbocycles. The Balaban J connectivity index is 1.49. The molecule has 0 saturated carbocycles. The third-order valence-corrected chi connectivity index (χ3v) is 5.00. The zero-order chi connectivity index (χ0) is 14.5. The first kappa shape index (κ1) is 14.7. The van der Waals surface area contributed by atoms with Crippen molar-refractivity contribution < 1.29 is 0 Å². The highest BCUT2D eigenvalue weighted by atomic mass is 32.1. The Labute approximate surface area is 131 Å². The second-order valence-electron chi connectivity index (χ2n) is 5.77. The van der Waals surface area contributed by atoms with Crippen LogP contribution < -0.4 is 5.32 Å². The molecular weight excluding hydrogens is 278 g/mol. The fraction of sp³-hybridized carbons (Fsp3) is 0.471. The minimum absolute atomic E-state index is 0.569. The van der Waals surface area contributed by atoms with Crippen LogP contribution >= 0.6 is 11.3 Å². The van der Waals surface area contributed by atoms with E-state index in [1.807, 2.05) is 0 Å². The molecule has 1 saturated heterocycles. The summed E-state index contributed by atoms with van der Waals surface area (Å²) in [6.45, 7) is 6.57. The molecule has 112 valence electrons. The topological polar surface area (TPSA) is 28.2 Å². The van der Waals surface area contributed by atoms with Gasteiger partial charge in [0.15, 0.2) is 0 Å². The van der Waals surface area contributed by atoms with E-state index in [1.54, 1.807) is 11.3 Å². The molecule has 0 radical (unpaired) electrons. The Hall–Kier alpha value is -1.23. The molecule has 1 aromatic carbocycles. The molecule has 3 nitrogen and oxygen atoms in total. The van der Waals surface area contributed by atoms with Gasteiger partial charge in [-0.15, -0.1) is 11.3 Å². The minimum atomic E-state index is 0.569. The van der Waals surface area contributed by atoms with E-state index < -0.39 is 0 Å². The van der Waals surface area contributed by atoms with Crippen LogP contribution in [0.3, 0.4) is 0 Å². The van der Waals surface area contributed by atoms with Gasteiger partial charge in [0, 0.05) is 49.7 Å².